The molecule has 1 saturated heterocycles. The standard InChI is InChI=1S/C19H22N2O3/c1-3-24-16-9-6-14(7-10-16)17-5-4-12-21(17)19(22)15-8-11-18(23-2)20-13-15/h6-11,13,17H,3-5,12H2,1-2H3. The normalized spacial score (nSPS) is 16.9. The van der Waals surface area contributed by atoms with Crippen molar-refractivity contribution in [3.63, 3.8) is 0 Å². The second-order valence-corrected chi connectivity index (χ2v) is 5.75. The quantitative estimate of drug-likeness (QED) is 0.844. The number of carbonyl (C=O) groups excluding carboxylic acids is 1. The van der Waals surface area contributed by atoms with E-state index in [1.807, 2.05) is 36.1 Å². The van der Waals surface area contributed by atoms with Crippen LogP contribution in [0.5, 0.6) is 11.6 Å². The Bertz CT molecular complexity index is 683. The first-order chi connectivity index (χ1) is 11.7. The number of rotatable bonds is 5. The molecule has 5 heteroatoms. The number of methoxy groups -OCH3 is 1. The molecule has 2 heterocycles. The molecule has 0 saturated carbocycles. The van der Waals surface area contributed by atoms with E-state index in [0.29, 0.717) is 18.1 Å². The second kappa shape index (κ2) is 7.34. The summed E-state index contributed by atoms with van der Waals surface area (Å²) in [6, 6.07) is 11.6. The van der Waals surface area contributed by atoms with Crippen LogP contribution in [-0.4, -0.2) is 36.1 Å². The third-order valence-corrected chi connectivity index (χ3v) is 4.28. The predicted octanol–water partition coefficient (Wildman–Crippen LogP) is 3.47. The van der Waals surface area contributed by atoms with E-state index >= 15 is 0 Å². The van der Waals surface area contributed by atoms with Gasteiger partial charge in [0.05, 0.1) is 25.3 Å². The Morgan fingerprint density at radius 3 is 2.67 bits per heavy atom. The lowest BCUT2D eigenvalue weighted by atomic mass is 10.0. The van der Waals surface area contributed by atoms with Crippen molar-refractivity contribution in [2.24, 2.45) is 0 Å². The number of hydrogen-bond acceptors (Lipinski definition) is 4. The van der Waals surface area contributed by atoms with Gasteiger partial charge in [0.15, 0.2) is 0 Å². The average Bonchev–Trinajstić information content (AvgIpc) is 3.12. The van der Waals surface area contributed by atoms with Crippen molar-refractivity contribution in [3.8, 4) is 11.6 Å². The van der Waals surface area contributed by atoms with Crippen molar-refractivity contribution in [2.75, 3.05) is 20.3 Å². The Balaban J connectivity index is 1.77. The van der Waals surface area contributed by atoms with Crippen LogP contribution in [0, 0.1) is 0 Å². The highest BCUT2D eigenvalue weighted by molar-refractivity contribution is 5.94. The molecule has 1 amide bonds. The summed E-state index contributed by atoms with van der Waals surface area (Å²) in [6.07, 6.45) is 3.56. The zero-order valence-corrected chi connectivity index (χ0v) is 14.1. The molecular weight excluding hydrogens is 304 g/mol. The van der Waals surface area contributed by atoms with Crippen molar-refractivity contribution in [3.05, 3.63) is 53.7 Å². The highest BCUT2D eigenvalue weighted by Crippen LogP contribution is 2.33. The highest BCUT2D eigenvalue weighted by atomic mass is 16.5. The van der Waals surface area contributed by atoms with Crippen LogP contribution in [0.3, 0.4) is 0 Å². The fourth-order valence-electron chi connectivity index (χ4n) is 3.10. The Morgan fingerprint density at radius 1 is 1.25 bits per heavy atom. The minimum Gasteiger partial charge on any atom is -0.494 e. The number of pyridine rings is 1. The molecule has 5 nitrogen and oxygen atoms in total. The topological polar surface area (TPSA) is 51.7 Å². The average molecular weight is 326 g/mol. The molecule has 1 unspecified atom stereocenters. The molecule has 2 aromatic rings. The minimum absolute atomic E-state index is 0.0153. The summed E-state index contributed by atoms with van der Waals surface area (Å²) in [5, 5.41) is 0. The number of ether oxygens (including phenoxy) is 2. The number of benzene rings is 1. The molecule has 0 bridgehead atoms. The first-order valence-corrected chi connectivity index (χ1v) is 8.26. The Morgan fingerprint density at radius 2 is 2.04 bits per heavy atom. The maximum absolute atomic E-state index is 12.8. The maximum atomic E-state index is 12.8. The maximum Gasteiger partial charge on any atom is 0.255 e. The third kappa shape index (κ3) is 3.35. The Labute approximate surface area is 142 Å². The van der Waals surface area contributed by atoms with E-state index in [1.165, 1.54) is 0 Å². The van der Waals surface area contributed by atoms with Gasteiger partial charge in [-0.2, -0.15) is 0 Å². The number of carbonyl (C=O) groups is 1. The van der Waals surface area contributed by atoms with Crippen molar-refractivity contribution in [1.82, 2.24) is 9.88 Å². The summed E-state index contributed by atoms with van der Waals surface area (Å²) in [4.78, 5) is 18.9. The fraction of sp³-hybridized carbons (Fsp3) is 0.368. The first-order valence-electron chi connectivity index (χ1n) is 8.26. The van der Waals surface area contributed by atoms with Gasteiger partial charge in [-0.05, 0) is 43.5 Å². The molecule has 1 aromatic heterocycles. The summed E-state index contributed by atoms with van der Waals surface area (Å²) < 4.78 is 10.5. The summed E-state index contributed by atoms with van der Waals surface area (Å²) in [5.41, 5.74) is 1.74. The van der Waals surface area contributed by atoms with Gasteiger partial charge in [-0.1, -0.05) is 12.1 Å². The Hall–Kier alpha value is -2.56. The number of hydrogen-bond donors (Lipinski definition) is 0. The largest absolute Gasteiger partial charge is 0.494 e. The smallest absolute Gasteiger partial charge is 0.255 e. The molecule has 1 aliphatic heterocycles. The molecule has 0 N–H and O–H groups in total. The van der Waals surface area contributed by atoms with Gasteiger partial charge in [0, 0.05) is 18.8 Å². The van der Waals surface area contributed by atoms with Gasteiger partial charge < -0.3 is 14.4 Å². The number of aromatic nitrogens is 1. The monoisotopic (exact) mass is 326 g/mol. The molecule has 1 atom stereocenters. The molecule has 3 rings (SSSR count). The summed E-state index contributed by atoms with van der Waals surface area (Å²) in [7, 11) is 1.56. The van der Waals surface area contributed by atoms with E-state index in [4.69, 9.17) is 9.47 Å². The van der Waals surface area contributed by atoms with Gasteiger partial charge in [0.2, 0.25) is 5.88 Å². The van der Waals surface area contributed by atoms with Crippen LogP contribution in [-0.2, 0) is 0 Å². The highest BCUT2D eigenvalue weighted by Gasteiger charge is 2.30. The molecule has 1 aromatic carbocycles. The van der Waals surface area contributed by atoms with Crippen LogP contribution >= 0.6 is 0 Å². The molecule has 1 aliphatic rings. The van der Waals surface area contributed by atoms with Crippen LogP contribution in [0.4, 0.5) is 0 Å². The molecule has 24 heavy (non-hydrogen) atoms. The molecule has 0 aliphatic carbocycles. The van der Waals surface area contributed by atoms with E-state index in [2.05, 4.69) is 4.98 Å². The van der Waals surface area contributed by atoms with E-state index in [1.54, 1.807) is 25.4 Å². The van der Waals surface area contributed by atoms with Gasteiger partial charge in [-0.15, -0.1) is 0 Å². The van der Waals surface area contributed by atoms with Gasteiger partial charge in [0.1, 0.15) is 5.75 Å². The Kier molecular flexibility index (Phi) is 4.99. The lowest BCUT2D eigenvalue weighted by molar-refractivity contribution is 0.0735. The van der Waals surface area contributed by atoms with Crippen molar-refractivity contribution < 1.29 is 14.3 Å². The van der Waals surface area contributed by atoms with Gasteiger partial charge in [-0.3, -0.25) is 4.79 Å². The zero-order valence-electron chi connectivity index (χ0n) is 14.1. The van der Waals surface area contributed by atoms with Gasteiger partial charge >= 0.3 is 0 Å². The predicted molar refractivity (Wildman–Crippen MR) is 91.4 cm³/mol. The summed E-state index contributed by atoms with van der Waals surface area (Å²) in [5.74, 6) is 1.38. The van der Waals surface area contributed by atoms with Crippen LogP contribution in [0.1, 0.15) is 41.7 Å². The summed E-state index contributed by atoms with van der Waals surface area (Å²) >= 11 is 0. The van der Waals surface area contributed by atoms with Crippen LogP contribution in [0.25, 0.3) is 0 Å². The molecular formula is C19H22N2O3. The van der Waals surface area contributed by atoms with Gasteiger partial charge in [-0.25, -0.2) is 4.98 Å². The van der Waals surface area contributed by atoms with E-state index in [-0.39, 0.29) is 11.9 Å². The third-order valence-electron chi connectivity index (χ3n) is 4.28. The van der Waals surface area contributed by atoms with Crippen molar-refractivity contribution >= 4 is 5.91 Å². The van der Waals surface area contributed by atoms with Crippen LogP contribution in [0.15, 0.2) is 42.6 Å². The van der Waals surface area contributed by atoms with Crippen LogP contribution < -0.4 is 9.47 Å². The van der Waals surface area contributed by atoms with E-state index < -0.39 is 0 Å². The van der Waals surface area contributed by atoms with E-state index in [9.17, 15) is 4.79 Å². The number of amides is 1. The molecule has 1 fully saturated rings. The second-order valence-electron chi connectivity index (χ2n) is 5.75. The zero-order chi connectivity index (χ0) is 16.9. The lowest BCUT2D eigenvalue weighted by Gasteiger charge is -2.25. The first kappa shape index (κ1) is 16.3. The summed E-state index contributed by atoms with van der Waals surface area (Å²) in [6.45, 7) is 3.38. The lowest BCUT2D eigenvalue weighted by Crippen LogP contribution is -2.30. The SMILES string of the molecule is CCOc1ccc(C2CCCN2C(=O)c2ccc(OC)nc2)cc1. The van der Waals surface area contributed by atoms with Crippen molar-refractivity contribution in [1.29, 1.82) is 0 Å². The molecule has 0 spiro atoms. The van der Waals surface area contributed by atoms with Crippen LogP contribution in [0.2, 0.25) is 0 Å². The minimum atomic E-state index is 0.0153. The van der Waals surface area contributed by atoms with E-state index in [0.717, 1.165) is 30.7 Å². The number of likely N-dealkylation sites (tertiary alicyclic amines) is 1. The molecule has 0 radical (unpaired) electrons. The van der Waals surface area contributed by atoms with Crippen molar-refractivity contribution in [2.45, 2.75) is 25.8 Å². The van der Waals surface area contributed by atoms with Gasteiger partial charge in [0.25, 0.3) is 5.91 Å². The number of nitrogens with zero attached hydrogens (tertiary/aromatic N) is 2. The molecule has 126 valence electrons. The fourth-order valence-corrected chi connectivity index (χ4v) is 3.10.